The molecule has 1 atom stereocenters. The first kappa shape index (κ1) is 25.9. The Morgan fingerprint density at radius 1 is 0.943 bits per heavy atom. The van der Waals surface area contributed by atoms with Gasteiger partial charge in [0, 0.05) is 19.2 Å². The number of benzene rings is 3. The Labute approximate surface area is 205 Å². The number of aryl methyl sites for hydroxylation is 1. The number of halogens is 1. The third-order valence-electron chi connectivity index (χ3n) is 5.64. The summed E-state index contributed by atoms with van der Waals surface area (Å²) in [4.78, 5) is 27.2. The number of sulfonamides is 1. The third kappa shape index (κ3) is 6.05. The van der Waals surface area contributed by atoms with Gasteiger partial charge in [0.1, 0.15) is 18.4 Å². The fourth-order valence-corrected chi connectivity index (χ4v) is 5.00. The summed E-state index contributed by atoms with van der Waals surface area (Å²) in [7, 11) is -2.68. The quantitative estimate of drug-likeness (QED) is 0.490. The van der Waals surface area contributed by atoms with Crippen LogP contribution >= 0.6 is 0 Å². The topological polar surface area (TPSA) is 86.8 Å². The second kappa shape index (κ2) is 11.1. The maximum Gasteiger partial charge on any atom is 0.264 e. The average molecular weight is 498 g/mol. The van der Waals surface area contributed by atoms with Crippen LogP contribution in [0.5, 0.6) is 0 Å². The van der Waals surface area contributed by atoms with Gasteiger partial charge in [-0.05, 0) is 44.2 Å². The van der Waals surface area contributed by atoms with E-state index in [-0.39, 0.29) is 17.0 Å². The number of nitrogens with zero attached hydrogens (tertiary/aromatic N) is 2. The largest absolute Gasteiger partial charge is 0.357 e. The van der Waals surface area contributed by atoms with Crippen LogP contribution in [-0.2, 0) is 26.2 Å². The molecule has 0 heterocycles. The van der Waals surface area contributed by atoms with E-state index in [1.807, 2.05) is 6.92 Å². The molecule has 0 aliphatic carbocycles. The van der Waals surface area contributed by atoms with Crippen molar-refractivity contribution >= 4 is 27.5 Å². The zero-order valence-corrected chi connectivity index (χ0v) is 20.6. The van der Waals surface area contributed by atoms with E-state index in [9.17, 15) is 22.4 Å². The molecule has 0 bridgehead atoms. The highest BCUT2D eigenvalue weighted by Gasteiger charge is 2.32. The number of nitrogens with one attached hydrogen (secondary N) is 1. The molecule has 7 nitrogen and oxygen atoms in total. The van der Waals surface area contributed by atoms with Crippen LogP contribution in [0.15, 0.2) is 83.8 Å². The highest BCUT2D eigenvalue weighted by Crippen LogP contribution is 2.25. The van der Waals surface area contributed by atoms with Gasteiger partial charge in [0.05, 0.1) is 10.6 Å². The first-order valence-electron chi connectivity index (χ1n) is 11.0. The Morgan fingerprint density at radius 3 is 2.14 bits per heavy atom. The molecule has 184 valence electrons. The SMILES string of the molecule is CNC(=O)C(C)N(Cc1ccccc1F)C(=O)CN(c1ccc(C)cc1)S(=O)(=O)c1ccccc1. The lowest BCUT2D eigenvalue weighted by atomic mass is 10.1. The van der Waals surface area contributed by atoms with Crippen LogP contribution in [0.3, 0.4) is 0 Å². The van der Waals surface area contributed by atoms with E-state index < -0.39 is 40.2 Å². The molecule has 0 radical (unpaired) electrons. The molecule has 3 rings (SSSR count). The number of hydrogen-bond donors (Lipinski definition) is 1. The lowest BCUT2D eigenvalue weighted by Gasteiger charge is -2.31. The molecule has 35 heavy (non-hydrogen) atoms. The Kier molecular flexibility index (Phi) is 8.24. The van der Waals surface area contributed by atoms with Gasteiger partial charge in [-0.25, -0.2) is 12.8 Å². The Bertz CT molecular complexity index is 1280. The fourth-order valence-electron chi connectivity index (χ4n) is 3.56. The Hall–Kier alpha value is -3.72. The molecule has 9 heteroatoms. The maximum absolute atomic E-state index is 14.4. The molecule has 2 amide bonds. The highest BCUT2D eigenvalue weighted by atomic mass is 32.2. The number of rotatable bonds is 9. The van der Waals surface area contributed by atoms with Crippen molar-refractivity contribution in [2.24, 2.45) is 0 Å². The van der Waals surface area contributed by atoms with Crippen molar-refractivity contribution in [1.82, 2.24) is 10.2 Å². The summed E-state index contributed by atoms with van der Waals surface area (Å²) in [6, 6.07) is 19.5. The number of hydrogen-bond acceptors (Lipinski definition) is 4. The molecule has 0 aromatic heterocycles. The molecule has 0 saturated heterocycles. The smallest absolute Gasteiger partial charge is 0.264 e. The monoisotopic (exact) mass is 497 g/mol. The molecule has 0 fully saturated rings. The van der Waals surface area contributed by atoms with Gasteiger partial charge in [-0.1, -0.05) is 54.1 Å². The number of anilines is 1. The van der Waals surface area contributed by atoms with Gasteiger partial charge in [0.15, 0.2) is 0 Å². The van der Waals surface area contributed by atoms with Gasteiger partial charge in [-0.2, -0.15) is 0 Å². The average Bonchev–Trinajstić information content (AvgIpc) is 2.86. The van der Waals surface area contributed by atoms with Crippen molar-refractivity contribution < 1.29 is 22.4 Å². The van der Waals surface area contributed by atoms with Crippen molar-refractivity contribution in [3.8, 4) is 0 Å². The van der Waals surface area contributed by atoms with Crippen molar-refractivity contribution in [2.45, 2.75) is 31.3 Å². The molecule has 1 unspecified atom stereocenters. The molecular formula is C26H28FN3O4S. The van der Waals surface area contributed by atoms with E-state index in [1.165, 1.54) is 49.2 Å². The normalized spacial score (nSPS) is 12.0. The van der Waals surface area contributed by atoms with E-state index in [0.29, 0.717) is 5.69 Å². The minimum absolute atomic E-state index is 0.0216. The minimum atomic E-state index is -4.12. The van der Waals surface area contributed by atoms with E-state index in [2.05, 4.69) is 5.32 Å². The third-order valence-corrected chi connectivity index (χ3v) is 7.43. The number of likely N-dealkylation sites (N-methyl/N-ethyl adjacent to an activating group) is 1. The summed E-state index contributed by atoms with van der Waals surface area (Å²) in [5.41, 5.74) is 1.43. The van der Waals surface area contributed by atoms with Gasteiger partial charge in [-0.15, -0.1) is 0 Å². The van der Waals surface area contributed by atoms with Crippen LogP contribution in [0.2, 0.25) is 0 Å². The van der Waals surface area contributed by atoms with Crippen LogP contribution in [0.25, 0.3) is 0 Å². The van der Waals surface area contributed by atoms with Crippen LogP contribution < -0.4 is 9.62 Å². The number of carbonyl (C=O) groups is 2. The second-order valence-electron chi connectivity index (χ2n) is 8.06. The van der Waals surface area contributed by atoms with Gasteiger partial charge < -0.3 is 10.2 Å². The van der Waals surface area contributed by atoms with Crippen molar-refractivity contribution in [2.75, 3.05) is 17.9 Å². The molecule has 0 aliphatic heterocycles. The summed E-state index contributed by atoms with van der Waals surface area (Å²) in [6.45, 7) is 2.61. The van der Waals surface area contributed by atoms with Crippen molar-refractivity contribution in [3.05, 3.63) is 95.8 Å². The lowest BCUT2D eigenvalue weighted by molar-refractivity contribution is -0.139. The molecule has 1 N–H and O–H groups in total. The summed E-state index contributed by atoms with van der Waals surface area (Å²) >= 11 is 0. The standard InChI is InChI=1S/C26H28FN3O4S/c1-19-13-15-22(16-14-19)30(35(33,34)23-10-5-4-6-11-23)18-25(31)29(20(2)26(32)28-3)17-21-9-7-8-12-24(21)27/h4-16,20H,17-18H2,1-3H3,(H,28,32). The van der Waals surface area contributed by atoms with E-state index in [4.69, 9.17) is 0 Å². The predicted octanol–water partition coefficient (Wildman–Crippen LogP) is 3.49. The molecule has 0 aliphatic rings. The number of amides is 2. The Balaban J connectivity index is 2.02. The summed E-state index contributed by atoms with van der Waals surface area (Å²) < 4.78 is 42.5. The molecule has 0 spiro atoms. The van der Waals surface area contributed by atoms with Crippen LogP contribution in [0, 0.1) is 12.7 Å². The zero-order valence-electron chi connectivity index (χ0n) is 19.8. The minimum Gasteiger partial charge on any atom is -0.357 e. The Morgan fingerprint density at radius 2 is 1.54 bits per heavy atom. The lowest BCUT2D eigenvalue weighted by Crippen LogP contribution is -2.50. The van der Waals surface area contributed by atoms with Gasteiger partial charge >= 0.3 is 0 Å². The second-order valence-corrected chi connectivity index (χ2v) is 9.93. The molecular weight excluding hydrogens is 469 g/mol. The first-order chi connectivity index (χ1) is 16.6. The van der Waals surface area contributed by atoms with E-state index in [1.54, 1.807) is 48.5 Å². The highest BCUT2D eigenvalue weighted by molar-refractivity contribution is 7.92. The van der Waals surface area contributed by atoms with Crippen LogP contribution in [-0.4, -0.2) is 44.8 Å². The summed E-state index contributed by atoms with van der Waals surface area (Å²) in [6.07, 6.45) is 0. The van der Waals surface area contributed by atoms with Crippen molar-refractivity contribution in [1.29, 1.82) is 0 Å². The van der Waals surface area contributed by atoms with Gasteiger partial charge in [0.2, 0.25) is 11.8 Å². The number of carbonyl (C=O) groups excluding carboxylic acids is 2. The van der Waals surface area contributed by atoms with Crippen molar-refractivity contribution in [3.63, 3.8) is 0 Å². The zero-order chi connectivity index (χ0) is 25.6. The molecule has 3 aromatic carbocycles. The van der Waals surface area contributed by atoms with Crippen LogP contribution in [0.1, 0.15) is 18.1 Å². The molecule has 3 aromatic rings. The fraction of sp³-hybridized carbons (Fsp3) is 0.231. The first-order valence-corrected chi connectivity index (χ1v) is 12.5. The maximum atomic E-state index is 14.4. The predicted molar refractivity (Wildman–Crippen MR) is 133 cm³/mol. The van der Waals surface area contributed by atoms with E-state index in [0.717, 1.165) is 9.87 Å². The van der Waals surface area contributed by atoms with Crippen LogP contribution in [0.4, 0.5) is 10.1 Å². The van der Waals surface area contributed by atoms with Gasteiger partial charge in [-0.3, -0.25) is 13.9 Å². The summed E-state index contributed by atoms with van der Waals surface area (Å²) in [5.74, 6) is -1.63. The van der Waals surface area contributed by atoms with Gasteiger partial charge in [0.25, 0.3) is 10.0 Å². The molecule has 0 saturated carbocycles. The summed E-state index contributed by atoms with van der Waals surface area (Å²) in [5, 5.41) is 2.49. The van der Waals surface area contributed by atoms with E-state index >= 15 is 0 Å².